The molecule has 0 N–H and O–H groups in total. The topological polar surface area (TPSA) is 34.6 Å². The van der Waals surface area contributed by atoms with Gasteiger partial charge in [0.25, 0.3) is 0 Å². The molecule has 3 aromatic heterocycles. The molecule has 8 rings (SSSR count). The Morgan fingerprint density at radius 3 is 1.22 bits per heavy atom. The number of para-hydroxylation sites is 2. The SMILES string of the molecule is c1ccc(-c2ccc3c(c2)nc2c4nc5cc(-c6ccccc6)ccc5n4c4ccccc4n32)cc1. The maximum Gasteiger partial charge on any atom is 0.182 e. The molecule has 168 valence electrons. The number of benzene rings is 5. The zero-order valence-corrected chi connectivity index (χ0v) is 19.3. The summed E-state index contributed by atoms with van der Waals surface area (Å²) in [4.78, 5) is 10.3. The molecular formula is C32H20N4. The lowest BCUT2D eigenvalue weighted by atomic mass is 10.1. The number of rotatable bonds is 2. The molecule has 36 heavy (non-hydrogen) atoms. The largest absolute Gasteiger partial charge is 0.288 e. The van der Waals surface area contributed by atoms with Crippen molar-refractivity contribution in [1.82, 2.24) is 18.8 Å². The van der Waals surface area contributed by atoms with Gasteiger partial charge in [-0.15, -0.1) is 0 Å². The quantitative estimate of drug-likeness (QED) is 0.264. The summed E-state index contributed by atoms with van der Waals surface area (Å²) in [6.45, 7) is 0. The molecule has 4 nitrogen and oxygen atoms in total. The molecule has 3 heterocycles. The smallest absolute Gasteiger partial charge is 0.182 e. The van der Waals surface area contributed by atoms with Gasteiger partial charge in [0.2, 0.25) is 0 Å². The molecule has 8 aromatic rings. The van der Waals surface area contributed by atoms with Crippen molar-refractivity contribution < 1.29 is 0 Å². The second-order valence-electron chi connectivity index (χ2n) is 9.17. The van der Waals surface area contributed by atoms with Gasteiger partial charge in [-0.05, 0) is 58.7 Å². The lowest BCUT2D eigenvalue weighted by Crippen LogP contribution is -1.97. The van der Waals surface area contributed by atoms with Gasteiger partial charge in [0, 0.05) is 0 Å². The summed E-state index contributed by atoms with van der Waals surface area (Å²) in [5.74, 6) is 0. The Labute approximate surface area is 206 Å². The predicted molar refractivity (Wildman–Crippen MR) is 147 cm³/mol. The summed E-state index contributed by atoms with van der Waals surface area (Å²) in [6.07, 6.45) is 0. The van der Waals surface area contributed by atoms with Crippen molar-refractivity contribution in [3.8, 4) is 22.3 Å². The molecule has 0 unspecified atom stereocenters. The van der Waals surface area contributed by atoms with E-state index in [2.05, 4.69) is 118 Å². The Hall–Kier alpha value is -4.96. The molecule has 0 aliphatic carbocycles. The van der Waals surface area contributed by atoms with Crippen molar-refractivity contribution in [3.63, 3.8) is 0 Å². The maximum atomic E-state index is 5.14. The molecule has 0 bridgehead atoms. The van der Waals surface area contributed by atoms with Gasteiger partial charge < -0.3 is 0 Å². The van der Waals surface area contributed by atoms with Crippen LogP contribution in [0, 0.1) is 0 Å². The molecule has 0 radical (unpaired) electrons. The van der Waals surface area contributed by atoms with E-state index in [1.54, 1.807) is 0 Å². The highest BCUT2D eigenvalue weighted by molar-refractivity contribution is 6.00. The first-order chi connectivity index (χ1) is 17.8. The molecule has 4 heteroatoms. The Bertz CT molecular complexity index is 1930. The van der Waals surface area contributed by atoms with E-state index in [1.165, 1.54) is 11.1 Å². The van der Waals surface area contributed by atoms with Crippen LogP contribution < -0.4 is 0 Å². The van der Waals surface area contributed by atoms with Gasteiger partial charge in [0.05, 0.1) is 33.1 Å². The van der Waals surface area contributed by atoms with Gasteiger partial charge in [-0.2, -0.15) is 0 Å². The minimum atomic E-state index is 0.867. The monoisotopic (exact) mass is 460 g/mol. The van der Waals surface area contributed by atoms with E-state index in [1.807, 2.05) is 12.1 Å². The molecule has 0 spiro atoms. The normalized spacial score (nSPS) is 11.9. The zero-order chi connectivity index (χ0) is 23.6. The van der Waals surface area contributed by atoms with E-state index in [4.69, 9.17) is 9.97 Å². The summed E-state index contributed by atoms with van der Waals surface area (Å²) >= 11 is 0. The summed E-state index contributed by atoms with van der Waals surface area (Å²) in [5.41, 5.74) is 12.7. The minimum absolute atomic E-state index is 0.867. The van der Waals surface area contributed by atoms with Crippen molar-refractivity contribution >= 4 is 44.4 Å². The van der Waals surface area contributed by atoms with E-state index in [0.717, 1.165) is 55.5 Å². The fraction of sp³-hybridized carbons (Fsp3) is 0. The molecule has 0 aliphatic rings. The summed E-state index contributed by atoms with van der Waals surface area (Å²) in [7, 11) is 0. The van der Waals surface area contributed by atoms with Crippen LogP contribution in [0.3, 0.4) is 0 Å². The van der Waals surface area contributed by atoms with Gasteiger partial charge in [-0.3, -0.25) is 8.80 Å². The van der Waals surface area contributed by atoms with E-state index >= 15 is 0 Å². The van der Waals surface area contributed by atoms with Crippen LogP contribution in [0.2, 0.25) is 0 Å². The van der Waals surface area contributed by atoms with E-state index in [0.29, 0.717) is 0 Å². The summed E-state index contributed by atoms with van der Waals surface area (Å²) in [6, 6.07) is 42.5. The molecule has 0 aliphatic heterocycles. The molecule has 0 atom stereocenters. The molecule has 0 amide bonds. The molecule has 0 saturated carbocycles. The van der Waals surface area contributed by atoms with Crippen molar-refractivity contribution in [3.05, 3.63) is 121 Å². The first kappa shape index (κ1) is 19.4. The number of aromatic nitrogens is 4. The zero-order valence-electron chi connectivity index (χ0n) is 19.3. The average molecular weight is 461 g/mol. The van der Waals surface area contributed by atoms with Crippen LogP contribution in [0.15, 0.2) is 121 Å². The highest BCUT2D eigenvalue weighted by atomic mass is 15.1. The maximum absolute atomic E-state index is 5.14. The standard InChI is InChI=1S/C32H20N4/c1-3-9-21(10-4-1)23-15-17-27-25(19-23)33-31-32-34-26-20-24(22-11-5-2-6-12-22)16-18-28(26)36(32)30-14-8-7-13-29(30)35(27)31/h1-20H. The minimum Gasteiger partial charge on any atom is -0.288 e. The van der Waals surface area contributed by atoms with Crippen molar-refractivity contribution in [2.45, 2.75) is 0 Å². The summed E-state index contributed by atoms with van der Waals surface area (Å²) in [5, 5.41) is 0. The van der Waals surface area contributed by atoms with Crippen LogP contribution in [0.5, 0.6) is 0 Å². The number of fused-ring (bicyclic) bond motifs is 10. The van der Waals surface area contributed by atoms with Crippen LogP contribution in [-0.2, 0) is 0 Å². The molecular weight excluding hydrogens is 440 g/mol. The third kappa shape index (κ3) is 2.70. The van der Waals surface area contributed by atoms with Crippen LogP contribution in [0.4, 0.5) is 0 Å². The molecule has 0 saturated heterocycles. The van der Waals surface area contributed by atoms with Gasteiger partial charge in [-0.25, -0.2) is 9.97 Å². The average Bonchev–Trinajstić information content (AvgIpc) is 3.52. The summed E-state index contributed by atoms with van der Waals surface area (Å²) < 4.78 is 4.50. The Morgan fingerprint density at radius 1 is 0.361 bits per heavy atom. The van der Waals surface area contributed by atoms with Crippen molar-refractivity contribution in [2.75, 3.05) is 0 Å². The third-order valence-electron chi connectivity index (χ3n) is 7.09. The number of hydrogen-bond acceptors (Lipinski definition) is 2. The Balaban J connectivity index is 1.48. The first-order valence-electron chi connectivity index (χ1n) is 12.1. The van der Waals surface area contributed by atoms with Crippen LogP contribution in [-0.4, -0.2) is 18.8 Å². The molecule has 5 aromatic carbocycles. The number of imidazole rings is 2. The van der Waals surface area contributed by atoms with E-state index < -0.39 is 0 Å². The second-order valence-corrected chi connectivity index (χ2v) is 9.17. The highest BCUT2D eigenvalue weighted by Gasteiger charge is 2.18. The van der Waals surface area contributed by atoms with Crippen molar-refractivity contribution in [1.29, 1.82) is 0 Å². The van der Waals surface area contributed by atoms with Crippen molar-refractivity contribution in [2.24, 2.45) is 0 Å². The predicted octanol–water partition coefficient (Wildman–Crippen LogP) is 7.78. The fourth-order valence-corrected chi connectivity index (χ4v) is 5.41. The van der Waals surface area contributed by atoms with E-state index in [-0.39, 0.29) is 0 Å². The van der Waals surface area contributed by atoms with Crippen LogP contribution >= 0.6 is 0 Å². The van der Waals surface area contributed by atoms with Crippen LogP contribution in [0.25, 0.3) is 66.6 Å². The molecule has 0 fully saturated rings. The van der Waals surface area contributed by atoms with Gasteiger partial charge in [-0.1, -0.05) is 84.9 Å². The lowest BCUT2D eigenvalue weighted by molar-refractivity contribution is 1.21. The number of nitrogens with zero attached hydrogens (tertiary/aromatic N) is 4. The Kier molecular flexibility index (Phi) is 3.91. The highest BCUT2D eigenvalue weighted by Crippen LogP contribution is 2.33. The first-order valence-corrected chi connectivity index (χ1v) is 12.1. The second kappa shape index (κ2) is 7.27. The lowest BCUT2D eigenvalue weighted by Gasteiger charge is -2.08. The van der Waals surface area contributed by atoms with Gasteiger partial charge >= 0.3 is 0 Å². The van der Waals surface area contributed by atoms with Gasteiger partial charge in [0.15, 0.2) is 11.3 Å². The van der Waals surface area contributed by atoms with E-state index in [9.17, 15) is 0 Å². The van der Waals surface area contributed by atoms with Gasteiger partial charge in [0.1, 0.15) is 0 Å². The van der Waals surface area contributed by atoms with Crippen LogP contribution in [0.1, 0.15) is 0 Å². The Morgan fingerprint density at radius 2 is 0.778 bits per heavy atom. The fourth-order valence-electron chi connectivity index (χ4n) is 5.41. The third-order valence-corrected chi connectivity index (χ3v) is 7.09. The number of hydrogen-bond donors (Lipinski definition) is 0.